The third-order valence-corrected chi connectivity index (χ3v) is 5.00. The summed E-state index contributed by atoms with van der Waals surface area (Å²) in [5, 5.41) is 16.2. The summed E-state index contributed by atoms with van der Waals surface area (Å²) in [6, 6.07) is 0. The van der Waals surface area contributed by atoms with Crippen molar-refractivity contribution in [2.75, 3.05) is 13.1 Å². The molecule has 2 amide bonds. The van der Waals surface area contributed by atoms with Gasteiger partial charge in [-0.3, -0.25) is 19.1 Å². The van der Waals surface area contributed by atoms with E-state index in [1.165, 1.54) is 6.33 Å². The standard InChI is InChI=1S/C15H21N5O4/c21-12-8-11(14(23)24)15(18-12)3-6-19(7-4-15)13(22)2-1-5-20-10-16-9-17-20/h9-11H,1-8H2,(H,18,21)(H,23,24). The van der Waals surface area contributed by atoms with E-state index in [4.69, 9.17) is 0 Å². The molecule has 1 aromatic rings. The number of aliphatic carboxylic acids is 1. The average molecular weight is 335 g/mol. The van der Waals surface area contributed by atoms with Gasteiger partial charge in [-0.1, -0.05) is 0 Å². The Hall–Kier alpha value is -2.45. The molecule has 0 radical (unpaired) electrons. The molecule has 0 aliphatic carbocycles. The lowest BCUT2D eigenvalue weighted by Gasteiger charge is -2.41. The molecule has 1 aromatic heterocycles. The van der Waals surface area contributed by atoms with Crippen LogP contribution in [-0.2, 0) is 20.9 Å². The normalized spacial score (nSPS) is 22.6. The van der Waals surface area contributed by atoms with E-state index in [-0.39, 0.29) is 18.2 Å². The van der Waals surface area contributed by atoms with E-state index >= 15 is 0 Å². The largest absolute Gasteiger partial charge is 0.481 e. The lowest BCUT2D eigenvalue weighted by molar-refractivity contribution is -0.145. The summed E-state index contributed by atoms with van der Waals surface area (Å²) in [6.07, 6.45) is 5.18. The Bertz CT molecular complexity index is 622. The zero-order valence-corrected chi connectivity index (χ0v) is 13.3. The second-order valence-corrected chi connectivity index (χ2v) is 6.44. The van der Waals surface area contributed by atoms with Gasteiger partial charge < -0.3 is 15.3 Å². The number of nitrogens with one attached hydrogen (secondary N) is 1. The van der Waals surface area contributed by atoms with E-state index in [2.05, 4.69) is 15.4 Å². The molecule has 2 N–H and O–H groups in total. The third kappa shape index (κ3) is 3.24. The highest BCUT2D eigenvalue weighted by molar-refractivity contribution is 5.88. The molecule has 2 fully saturated rings. The summed E-state index contributed by atoms with van der Waals surface area (Å²) in [4.78, 5) is 40.9. The zero-order valence-electron chi connectivity index (χ0n) is 13.3. The Labute approximate surface area is 139 Å². The van der Waals surface area contributed by atoms with Crippen molar-refractivity contribution in [2.45, 2.75) is 44.2 Å². The summed E-state index contributed by atoms with van der Waals surface area (Å²) in [5.41, 5.74) is -0.694. The Balaban J connectivity index is 1.50. The molecular formula is C15H21N5O4. The summed E-state index contributed by atoms with van der Waals surface area (Å²) in [5.74, 6) is -1.80. The molecule has 3 heterocycles. The van der Waals surface area contributed by atoms with Crippen molar-refractivity contribution in [1.29, 1.82) is 0 Å². The number of carbonyl (C=O) groups excluding carboxylic acids is 2. The van der Waals surface area contributed by atoms with E-state index in [1.54, 1.807) is 15.9 Å². The molecule has 1 unspecified atom stereocenters. The van der Waals surface area contributed by atoms with Crippen LogP contribution in [0.4, 0.5) is 0 Å². The number of hydrogen-bond acceptors (Lipinski definition) is 5. The summed E-state index contributed by atoms with van der Waals surface area (Å²) < 4.78 is 1.68. The summed E-state index contributed by atoms with van der Waals surface area (Å²) >= 11 is 0. The fraction of sp³-hybridized carbons (Fsp3) is 0.667. The monoisotopic (exact) mass is 335 g/mol. The van der Waals surface area contributed by atoms with Crippen LogP contribution in [0.3, 0.4) is 0 Å². The number of aryl methyl sites for hydroxylation is 1. The molecule has 0 aromatic carbocycles. The molecule has 1 atom stereocenters. The van der Waals surface area contributed by atoms with Crippen LogP contribution in [0.2, 0.25) is 0 Å². The van der Waals surface area contributed by atoms with Crippen molar-refractivity contribution in [3.05, 3.63) is 12.7 Å². The zero-order chi connectivity index (χ0) is 17.2. The van der Waals surface area contributed by atoms with Crippen LogP contribution < -0.4 is 5.32 Å². The number of hydrogen-bond donors (Lipinski definition) is 2. The highest BCUT2D eigenvalue weighted by Crippen LogP contribution is 2.37. The van der Waals surface area contributed by atoms with Crippen LogP contribution in [-0.4, -0.2) is 61.2 Å². The van der Waals surface area contributed by atoms with Crippen LogP contribution in [0.5, 0.6) is 0 Å². The van der Waals surface area contributed by atoms with Crippen LogP contribution in [0.1, 0.15) is 32.1 Å². The van der Waals surface area contributed by atoms with Crippen molar-refractivity contribution in [2.24, 2.45) is 5.92 Å². The van der Waals surface area contributed by atoms with E-state index < -0.39 is 17.4 Å². The van der Waals surface area contributed by atoms with Crippen molar-refractivity contribution < 1.29 is 19.5 Å². The second kappa shape index (κ2) is 6.58. The molecule has 2 saturated heterocycles. The predicted octanol–water partition coefficient (Wildman–Crippen LogP) is -0.360. The Morgan fingerprint density at radius 3 is 2.75 bits per heavy atom. The first-order valence-corrected chi connectivity index (χ1v) is 8.14. The van der Waals surface area contributed by atoms with Gasteiger partial charge in [-0.15, -0.1) is 0 Å². The topological polar surface area (TPSA) is 117 Å². The highest BCUT2D eigenvalue weighted by Gasteiger charge is 2.51. The molecule has 24 heavy (non-hydrogen) atoms. The van der Waals surface area contributed by atoms with Gasteiger partial charge in [0, 0.05) is 32.5 Å². The number of piperidine rings is 1. The van der Waals surface area contributed by atoms with E-state index in [0.29, 0.717) is 45.3 Å². The van der Waals surface area contributed by atoms with E-state index in [9.17, 15) is 19.5 Å². The van der Waals surface area contributed by atoms with Crippen LogP contribution in [0.25, 0.3) is 0 Å². The summed E-state index contributed by atoms with van der Waals surface area (Å²) in [7, 11) is 0. The minimum Gasteiger partial charge on any atom is -0.481 e. The third-order valence-electron chi connectivity index (χ3n) is 5.00. The lowest BCUT2D eigenvalue weighted by Crippen LogP contribution is -2.56. The number of nitrogens with zero attached hydrogens (tertiary/aromatic N) is 4. The van der Waals surface area contributed by atoms with Crippen LogP contribution >= 0.6 is 0 Å². The first kappa shape index (κ1) is 16.4. The predicted molar refractivity (Wildman–Crippen MR) is 81.7 cm³/mol. The van der Waals surface area contributed by atoms with E-state index in [0.717, 1.165) is 0 Å². The van der Waals surface area contributed by atoms with Crippen molar-refractivity contribution in [1.82, 2.24) is 25.0 Å². The Morgan fingerprint density at radius 2 is 2.12 bits per heavy atom. The van der Waals surface area contributed by atoms with Crippen molar-refractivity contribution in [3.63, 3.8) is 0 Å². The maximum Gasteiger partial charge on any atom is 0.309 e. The van der Waals surface area contributed by atoms with Gasteiger partial charge in [-0.25, -0.2) is 4.98 Å². The van der Waals surface area contributed by atoms with Gasteiger partial charge in [0.25, 0.3) is 0 Å². The molecule has 0 saturated carbocycles. The molecule has 1 spiro atoms. The minimum atomic E-state index is -0.944. The number of aromatic nitrogens is 3. The van der Waals surface area contributed by atoms with Gasteiger partial charge in [0.05, 0.1) is 11.5 Å². The van der Waals surface area contributed by atoms with E-state index in [1.807, 2.05) is 0 Å². The molecule has 3 rings (SSSR count). The molecule has 2 aliphatic heterocycles. The first-order valence-electron chi connectivity index (χ1n) is 8.14. The fourth-order valence-electron chi connectivity index (χ4n) is 3.65. The molecule has 9 nitrogen and oxygen atoms in total. The van der Waals surface area contributed by atoms with Crippen molar-refractivity contribution >= 4 is 17.8 Å². The second-order valence-electron chi connectivity index (χ2n) is 6.44. The van der Waals surface area contributed by atoms with Gasteiger partial charge in [0.1, 0.15) is 12.7 Å². The average Bonchev–Trinajstić information content (AvgIpc) is 3.16. The molecule has 2 aliphatic rings. The van der Waals surface area contributed by atoms with Gasteiger partial charge in [0.2, 0.25) is 11.8 Å². The SMILES string of the molecule is O=C1CC(C(=O)O)C2(CCN(C(=O)CCCn3cncn3)CC2)N1. The van der Waals surface area contributed by atoms with Gasteiger partial charge in [-0.2, -0.15) is 5.10 Å². The maximum absolute atomic E-state index is 12.3. The number of carbonyl (C=O) groups is 3. The molecule has 9 heteroatoms. The fourth-order valence-corrected chi connectivity index (χ4v) is 3.65. The van der Waals surface area contributed by atoms with Gasteiger partial charge in [-0.05, 0) is 19.3 Å². The minimum absolute atomic E-state index is 0.0290. The quantitative estimate of drug-likeness (QED) is 0.759. The molecular weight excluding hydrogens is 314 g/mol. The Morgan fingerprint density at radius 1 is 1.38 bits per heavy atom. The van der Waals surface area contributed by atoms with Crippen molar-refractivity contribution in [3.8, 4) is 0 Å². The first-order chi connectivity index (χ1) is 11.5. The molecule has 130 valence electrons. The lowest BCUT2D eigenvalue weighted by atomic mass is 9.77. The Kier molecular flexibility index (Phi) is 4.50. The van der Waals surface area contributed by atoms with Crippen LogP contribution in [0.15, 0.2) is 12.7 Å². The number of rotatable bonds is 5. The van der Waals surface area contributed by atoms with Gasteiger partial charge >= 0.3 is 5.97 Å². The number of likely N-dealkylation sites (tertiary alicyclic amines) is 1. The van der Waals surface area contributed by atoms with Gasteiger partial charge in [0.15, 0.2) is 0 Å². The van der Waals surface area contributed by atoms with Crippen LogP contribution in [0, 0.1) is 5.92 Å². The number of carboxylic acid groups (broad SMARTS) is 1. The maximum atomic E-state index is 12.3. The highest BCUT2D eigenvalue weighted by atomic mass is 16.4. The summed E-state index contributed by atoms with van der Waals surface area (Å²) in [6.45, 7) is 1.60. The number of carboxylic acids is 1. The smallest absolute Gasteiger partial charge is 0.309 e. The molecule has 0 bridgehead atoms. The number of amides is 2.